The van der Waals surface area contributed by atoms with Gasteiger partial charge in [-0.15, -0.1) is 0 Å². The fourth-order valence-electron chi connectivity index (χ4n) is 2.38. The van der Waals surface area contributed by atoms with Gasteiger partial charge in [0.15, 0.2) is 0 Å². The molecular weight excluding hydrogens is 326 g/mol. The second kappa shape index (κ2) is 6.25. The molecule has 1 heterocycles. The third-order valence-electron chi connectivity index (χ3n) is 3.63. The number of sulfonamides is 2. The fourth-order valence-corrected chi connectivity index (χ4v) is 5.68. The summed E-state index contributed by atoms with van der Waals surface area (Å²) in [6.07, 6.45) is 0. The molecule has 0 bridgehead atoms. The topological polar surface area (TPSA) is 86.8 Å². The molecule has 0 saturated carbocycles. The molecule has 124 valence electrons. The van der Waals surface area contributed by atoms with E-state index in [1.807, 2.05) is 0 Å². The molecule has 22 heavy (non-hydrogen) atoms. The van der Waals surface area contributed by atoms with E-state index in [0.717, 1.165) is 4.31 Å². The van der Waals surface area contributed by atoms with E-state index >= 15 is 0 Å². The summed E-state index contributed by atoms with van der Waals surface area (Å²) in [5, 5.41) is 3.12. The predicted molar refractivity (Wildman–Crippen MR) is 83.5 cm³/mol. The van der Waals surface area contributed by atoms with Crippen LogP contribution in [-0.2, 0) is 20.0 Å². The lowest BCUT2D eigenvalue weighted by Gasteiger charge is -2.33. The Kier molecular flexibility index (Phi) is 4.93. The fraction of sp³-hybridized carbons (Fsp3) is 0.538. The van der Waals surface area contributed by atoms with Crippen molar-refractivity contribution in [2.24, 2.45) is 0 Å². The van der Waals surface area contributed by atoms with Crippen molar-refractivity contribution in [2.75, 3.05) is 33.7 Å². The molecular formula is C13H21N3O4S2. The van der Waals surface area contributed by atoms with Crippen LogP contribution in [0.3, 0.4) is 0 Å². The molecule has 1 aliphatic heterocycles. The van der Waals surface area contributed by atoms with Crippen LogP contribution in [0.4, 0.5) is 0 Å². The van der Waals surface area contributed by atoms with Crippen molar-refractivity contribution in [3.8, 4) is 0 Å². The van der Waals surface area contributed by atoms with Crippen molar-refractivity contribution in [1.29, 1.82) is 0 Å². The van der Waals surface area contributed by atoms with E-state index in [0.29, 0.717) is 19.6 Å². The van der Waals surface area contributed by atoms with Crippen LogP contribution in [0.5, 0.6) is 0 Å². The molecule has 1 aromatic carbocycles. The minimum absolute atomic E-state index is 0.169. The van der Waals surface area contributed by atoms with Crippen LogP contribution in [0.1, 0.15) is 6.92 Å². The standard InChI is InChI=1S/C13H21N3O4S2/c1-11-10-14-8-9-16(11)22(19,20)13-7-5-4-6-12(13)21(17,18)15(2)3/h4-7,11,14H,8-10H2,1-3H3. The molecule has 9 heteroatoms. The Labute approximate surface area is 132 Å². The first-order valence-corrected chi connectivity index (χ1v) is 9.81. The van der Waals surface area contributed by atoms with E-state index in [2.05, 4.69) is 5.32 Å². The molecule has 1 unspecified atom stereocenters. The van der Waals surface area contributed by atoms with E-state index in [-0.39, 0.29) is 15.8 Å². The highest BCUT2D eigenvalue weighted by Gasteiger charge is 2.35. The van der Waals surface area contributed by atoms with Gasteiger partial charge in [0.05, 0.1) is 0 Å². The minimum atomic E-state index is -3.87. The van der Waals surface area contributed by atoms with E-state index < -0.39 is 20.0 Å². The SMILES string of the molecule is CC1CNCCN1S(=O)(=O)c1ccccc1S(=O)(=O)N(C)C. The quantitative estimate of drug-likeness (QED) is 0.823. The Bertz CT molecular complexity index is 744. The lowest BCUT2D eigenvalue weighted by molar-refractivity contribution is 0.283. The first kappa shape index (κ1) is 17.4. The second-order valence-electron chi connectivity index (χ2n) is 5.40. The molecule has 1 saturated heterocycles. The third-order valence-corrected chi connectivity index (χ3v) is 7.71. The lowest BCUT2D eigenvalue weighted by Crippen LogP contribution is -2.52. The molecule has 0 spiro atoms. The van der Waals surface area contributed by atoms with Crippen LogP contribution in [-0.4, -0.2) is 65.2 Å². The van der Waals surface area contributed by atoms with Crippen molar-refractivity contribution in [2.45, 2.75) is 22.8 Å². The van der Waals surface area contributed by atoms with Gasteiger partial charge in [-0.1, -0.05) is 12.1 Å². The Morgan fingerprint density at radius 3 is 2.27 bits per heavy atom. The van der Waals surface area contributed by atoms with Crippen molar-refractivity contribution >= 4 is 20.0 Å². The summed E-state index contributed by atoms with van der Waals surface area (Å²) in [5.74, 6) is 0. The first-order chi connectivity index (χ1) is 10.2. The number of piperazine rings is 1. The van der Waals surface area contributed by atoms with Crippen molar-refractivity contribution in [1.82, 2.24) is 13.9 Å². The molecule has 1 N–H and O–H groups in total. The Balaban J connectivity index is 2.58. The summed E-state index contributed by atoms with van der Waals surface area (Å²) >= 11 is 0. The maximum Gasteiger partial charge on any atom is 0.244 e. The molecule has 1 aliphatic rings. The molecule has 1 fully saturated rings. The van der Waals surface area contributed by atoms with Crippen LogP contribution in [0, 0.1) is 0 Å². The molecule has 2 rings (SSSR count). The summed E-state index contributed by atoms with van der Waals surface area (Å²) < 4.78 is 53.0. The summed E-state index contributed by atoms with van der Waals surface area (Å²) in [4.78, 5) is -0.358. The van der Waals surface area contributed by atoms with E-state index in [1.165, 1.54) is 42.7 Å². The number of nitrogens with zero attached hydrogens (tertiary/aromatic N) is 2. The van der Waals surface area contributed by atoms with E-state index in [4.69, 9.17) is 0 Å². The molecule has 0 aromatic heterocycles. The summed E-state index contributed by atoms with van der Waals surface area (Å²) in [7, 11) is -4.94. The highest BCUT2D eigenvalue weighted by Crippen LogP contribution is 2.27. The zero-order valence-corrected chi connectivity index (χ0v) is 14.5. The van der Waals surface area contributed by atoms with Crippen molar-refractivity contribution in [3.63, 3.8) is 0 Å². The Morgan fingerprint density at radius 1 is 1.14 bits per heavy atom. The van der Waals surface area contributed by atoms with Gasteiger partial charge in [0.1, 0.15) is 9.79 Å². The number of hydrogen-bond donors (Lipinski definition) is 1. The van der Waals surface area contributed by atoms with Crippen LogP contribution in [0.15, 0.2) is 34.1 Å². The van der Waals surface area contributed by atoms with Gasteiger partial charge in [-0.3, -0.25) is 0 Å². The van der Waals surface area contributed by atoms with Gasteiger partial charge in [-0.25, -0.2) is 21.1 Å². The molecule has 7 nitrogen and oxygen atoms in total. The van der Waals surface area contributed by atoms with E-state index in [9.17, 15) is 16.8 Å². The van der Waals surface area contributed by atoms with Crippen LogP contribution < -0.4 is 5.32 Å². The number of benzene rings is 1. The highest BCUT2D eigenvalue weighted by atomic mass is 32.2. The maximum atomic E-state index is 12.9. The number of hydrogen-bond acceptors (Lipinski definition) is 5. The number of nitrogens with one attached hydrogen (secondary N) is 1. The molecule has 0 radical (unpaired) electrons. The maximum absolute atomic E-state index is 12.9. The normalized spacial score (nSPS) is 21.2. The van der Waals surface area contributed by atoms with E-state index in [1.54, 1.807) is 6.92 Å². The first-order valence-electron chi connectivity index (χ1n) is 6.93. The molecule has 0 amide bonds. The Morgan fingerprint density at radius 2 is 1.73 bits per heavy atom. The van der Waals surface area contributed by atoms with Crippen molar-refractivity contribution in [3.05, 3.63) is 24.3 Å². The largest absolute Gasteiger partial charge is 0.314 e. The van der Waals surface area contributed by atoms with Gasteiger partial charge < -0.3 is 5.32 Å². The summed E-state index contributed by atoms with van der Waals surface area (Å²) in [5.41, 5.74) is 0. The summed E-state index contributed by atoms with van der Waals surface area (Å²) in [6.45, 7) is 3.21. The second-order valence-corrected chi connectivity index (χ2v) is 9.38. The minimum Gasteiger partial charge on any atom is -0.314 e. The van der Waals surface area contributed by atoms with Crippen LogP contribution in [0.2, 0.25) is 0 Å². The third kappa shape index (κ3) is 3.04. The van der Waals surface area contributed by atoms with Gasteiger partial charge >= 0.3 is 0 Å². The van der Waals surface area contributed by atoms with Gasteiger partial charge in [-0.05, 0) is 19.1 Å². The molecule has 1 aromatic rings. The monoisotopic (exact) mass is 347 g/mol. The van der Waals surface area contributed by atoms with Crippen LogP contribution >= 0.6 is 0 Å². The zero-order chi connectivity index (χ0) is 16.5. The number of rotatable bonds is 4. The molecule has 1 atom stereocenters. The van der Waals surface area contributed by atoms with Crippen molar-refractivity contribution < 1.29 is 16.8 Å². The van der Waals surface area contributed by atoms with Crippen LogP contribution in [0.25, 0.3) is 0 Å². The highest BCUT2D eigenvalue weighted by molar-refractivity contribution is 7.92. The summed E-state index contributed by atoms with van der Waals surface area (Å²) in [6, 6.07) is 5.51. The average molecular weight is 347 g/mol. The van der Waals surface area contributed by atoms with Gasteiger partial charge in [0, 0.05) is 39.8 Å². The smallest absolute Gasteiger partial charge is 0.244 e. The zero-order valence-electron chi connectivity index (χ0n) is 12.9. The van der Waals surface area contributed by atoms with Gasteiger partial charge in [0.2, 0.25) is 20.0 Å². The predicted octanol–water partition coefficient (Wildman–Crippen LogP) is -0.0807. The van der Waals surface area contributed by atoms with Gasteiger partial charge in [-0.2, -0.15) is 4.31 Å². The van der Waals surface area contributed by atoms with Gasteiger partial charge in [0.25, 0.3) is 0 Å². The molecule has 0 aliphatic carbocycles. The Hall–Kier alpha value is -1.00. The lowest BCUT2D eigenvalue weighted by atomic mass is 10.3. The average Bonchev–Trinajstić information content (AvgIpc) is 2.47.